The molecule has 1 aliphatic heterocycles. The van der Waals surface area contributed by atoms with Crippen molar-refractivity contribution in [3.05, 3.63) is 83.9 Å². The maximum absolute atomic E-state index is 13.0. The van der Waals surface area contributed by atoms with Gasteiger partial charge in [-0.05, 0) is 24.6 Å². The highest BCUT2D eigenvalue weighted by atomic mass is 16.5. The number of rotatable bonds is 5. The van der Waals surface area contributed by atoms with Gasteiger partial charge in [0.05, 0.1) is 25.3 Å². The van der Waals surface area contributed by atoms with Gasteiger partial charge in [-0.15, -0.1) is 0 Å². The van der Waals surface area contributed by atoms with E-state index in [1.165, 1.54) is 5.56 Å². The number of hydrogen-bond acceptors (Lipinski definition) is 6. The first-order valence-corrected chi connectivity index (χ1v) is 11.1. The standard InChI is InChI=1S/C26H25N5O2/c1-18-4-2-6-20(16-18)21-7-3-5-19-8-9-22(28-25(19)21)26(32)30-23-10-11-27-24(29-23)17-31-12-14-33-15-13-31/h2-11,16H,12-15,17H2,1H3,(H,27,29,30,32). The summed E-state index contributed by atoms with van der Waals surface area (Å²) in [6, 6.07) is 19.7. The fourth-order valence-corrected chi connectivity index (χ4v) is 4.00. The summed E-state index contributed by atoms with van der Waals surface area (Å²) >= 11 is 0. The second-order valence-corrected chi connectivity index (χ2v) is 8.14. The van der Waals surface area contributed by atoms with Crippen molar-refractivity contribution in [1.29, 1.82) is 0 Å². The molecule has 0 saturated carbocycles. The Labute approximate surface area is 192 Å². The molecule has 33 heavy (non-hydrogen) atoms. The van der Waals surface area contributed by atoms with Crippen LogP contribution < -0.4 is 5.32 Å². The highest BCUT2D eigenvalue weighted by Crippen LogP contribution is 2.28. The third-order valence-electron chi connectivity index (χ3n) is 5.70. The van der Waals surface area contributed by atoms with E-state index in [0.29, 0.717) is 37.1 Å². The van der Waals surface area contributed by atoms with Gasteiger partial charge in [-0.3, -0.25) is 9.69 Å². The van der Waals surface area contributed by atoms with Gasteiger partial charge in [-0.1, -0.05) is 54.1 Å². The van der Waals surface area contributed by atoms with Gasteiger partial charge in [0.2, 0.25) is 0 Å². The predicted octanol–water partition coefficient (Wildman–Crippen LogP) is 4.08. The Balaban J connectivity index is 1.39. The quantitative estimate of drug-likeness (QED) is 0.505. The largest absolute Gasteiger partial charge is 0.379 e. The summed E-state index contributed by atoms with van der Waals surface area (Å²) in [4.78, 5) is 28.8. The number of aryl methyl sites for hydroxylation is 1. The van der Waals surface area contributed by atoms with E-state index in [0.717, 1.165) is 35.1 Å². The lowest BCUT2D eigenvalue weighted by molar-refractivity contribution is 0.0331. The Morgan fingerprint density at radius 2 is 1.88 bits per heavy atom. The zero-order chi connectivity index (χ0) is 22.6. The van der Waals surface area contributed by atoms with E-state index in [9.17, 15) is 4.79 Å². The van der Waals surface area contributed by atoms with Gasteiger partial charge in [0.15, 0.2) is 0 Å². The Hall–Kier alpha value is -3.68. The van der Waals surface area contributed by atoms with Gasteiger partial charge in [0.25, 0.3) is 5.91 Å². The molecule has 0 bridgehead atoms. The molecule has 1 aliphatic rings. The zero-order valence-electron chi connectivity index (χ0n) is 18.5. The van der Waals surface area contributed by atoms with Crippen LogP contribution in [0.5, 0.6) is 0 Å². The molecule has 0 radical (unpaired) electrons. The molecule has 2 aromatic heterocycles. The monoisotopic (exact) mass is 439 g/mol. The Kier molecular flexibility index (Phi) is 6.06. The Morgan fingerprint density at radius 1 is 1.03 bits per heavy atom. The summed E-state index contributed by atoms with van der Waals surface area (Å²) in [5.41, 5.74) is 4.40. The normalized spacial score (nSPS) is 14.3. The Morgan fingerprint density at radius 3 is 2.73 bits per heavy atom. The van der Waals surface area contributed by atoms with E-state index in [2.05, 4.69) is 45.3 Å². The summed E-state index contributed by atoms with van der Waals surface area (Å²) in [5.74, 6) is 0.835. The van der Waals surface area contributed by atoms with E-state index >= 15 is 0 Å². The number of pyridine rings is 1. The third kappa shape index (κ3) is 4.89. The first-order valence-electron chi connectivity index (χ1n) is 11.1. The van der Waals surface area contributed by atoms with Crippen LogP contribution >= 0.6 is 0 Å². The van der Waals surface area contributed by atoms with Gasteiger partial charge in [0.1, 0.15) is 17.3 Å². The Bertz CT molecular complexity index is 1300. The van der Waals surface area contributed by atoms with Crippen molar-refractivity contribution in [2.24, 2.45) is 0 Å². The van der Waals surface area contributed by atoms with Crippen LogP contribution in [0.2, 0.25) is 0 Å². The molecular weight excluding hydrogens is 414 g/mol. The number of amides is 1. The SMILES string of the molecule is Cc1cccc(-c2cccc3ccc(C(=O)Nc4ccnc(CN5CCOCC5)n4)nc23)c1. The minimum absolute atomic E-state index is 0.299. The molecule has 0 aliphatic carbocycles. The van der Waals surface area contributed by atoms with Gasteiger partial charge in [-0.25, -0.2) is 15.0 Å². The molecule has 166 valence electrons. The van der Waals surface area contributed by atoms with Gasteiger partial charge < -0.3 is 10.1 Å². The van der Waals surface area contributed by atoms with E-state index in [-0.39, 0.29) is 5.91 Å². The first-order chi connectivity index (χ1) is 16.2. The summed E-state index contributed by atoms with van der Waals surface area (Å²) in [5, 5.41) is 3.86. The van der Waals surface area contributed by atoms with Crippen molar-refractivity contribution >= 4 is 22.6 Å². The second-order valence-electron chi connectivity index (χ2n) is 8.14. The van der Waals surface area contributed by atoms with Gasteiger partial charge >= 0.3 is 0 Å². The molecule has 1 fully saturated rings. The number of anilines is 1. The molecule has 0 unspecified atom stereocenters. The van der Waals surface area contributed by atoms with Crippen LogP contribution in [0.15, 0.2) is 66.9 Å². The van der Waals surface area contributed by atoms with E-state index in [1.54, 1.807) is 18.3 Å². The van der Waals surface area contributed by atoms with Crippen LogP contribution in [-0.2, 0) is 11.3 Å². The summed E-state index contributed by atoms with van der Waals surface area (Å²) in [6.45, 7) is 5.83. The van der Waals surface area contributed by atoms with E-state index < -0.39 is 0 Å². The molecule has 1 amide bonds. The molecule has 0 atom stereocenters. The van der Waals surface area contributed by atoms with Gasteiger partial charge in [-0.2, -0.15) is 0 Å². The molecule has 4 aromatic rings. The van der Waals surface area contributed by atoms with E-state index in [4.69, 9.17) is 9.72 Å². The number of aromatic nitrogens is 3. The number of carbonyl (C=O) groups excluding carboxylic acids is 1. The number of hydrogen-bond donors (Lipinski definition) is 1. The molecule has 5 rings (SSSR count). The molecular formula is C26H25N5O2. The van der Waals surface area contributed by atoms with Crippen molar-refractivity contribution in [3.63, 3.8) is 0 Å². The number of benzene rings is 2. The number of nitrogens with one attached hydrogen (secondary N) is 1. The number of nitrogens with zero attached hydrogens (tertiary/aromatic N) is 4. The molecule has 1 N–H and O–H groups in total. The molecule has 3 heterocycles. The predicted molar refractivity (Wildman–Crippen MR) is 128 cm³/mol. The first kappa shape index (κ1) is 21.2. The average Bonchev–Trinajstić information content (AvgIpc) is 2.84. The maximum Gasteiger partial charge on any atom is 0.275 e. The lowest BCUT2D eigenvalue weighted by Gasteiger charge is -2.25. The fraction of sp³-hybridized carbons (Fsp3) is 0.231. The lowest BCUT2D eigenvalue weighted by atomic mass is 10.0. The number of morpholine rings is 1. The number of fused-ring (bicyclic) bond motifs is 1. The van der Waals surface area contributed by atoms with Crippen molar-refractivity contribution in [2.45, 2.75) is 13.5 Å². The highest BCUT2D eigenvalue weighted by molar-refractivity contribution is 6.04. The summed E-state index contributed by atoms with van der Waals surface area (Å²) in [7, 11) is 0. The summed E-state index contributed by atoms with van der Waals surface area (Å²) in [6.07, 6.45) is 1.67. The molecule has 0 spiro atoms. The third-order valence-corrected chi connectivity index (χ3v) is 5.70. The molecule has 1 saturated heterocycles. The maximum atomic E-state index is 13.0. The van der Waals surface area contributed by atoms with E-state index in [1.807, 2.05) is 30.3 Å². The van der Waals surface area contributed by atoms with Crippen LogP contribution in [0.3, 0.4) is 0 Å². The number of carbonyl (C=O) groups is 1. The molecule has 2 aromatic carbocycles. The minimum Gasteiger partial charge on any atom is -0.379 e. The van der Waals surface area contributed by atoms with Crippen LogP contribution in [0, 0.1) is 6.92 Å². The van der Waals surface area contributed by atoms with Gasteiger partial charge in [0, 0.05) is 30.2 Å². The van der Waals surface area contributed by atoms with Crippen molar-refractivity contribution in [3.8, 4) is 11.1 Å². The topological polar surface area (TPSA) is 80.2 Å². The van der Waals surface area contributed by atoms with Crippen molar-refractivity contribution in [1.82, 2.24) is 19.9 Å². The average molecular weight is 440 g/mol. The van der Waals surface area contributed by atoms with Crippen LogP contribution in [0.4, 0.5) is 5.82 Å². The fourth-order valence-electron chi connectivity index (χ4n) is 4.00. The number of ether oxygens (including phenoxy) is 1. The number of para-hydroxylation sites is 1. The van der Waals surface area contributed by atoms with Crippen molar-refractivity contribution in [2.75, 3.05) is 31.6 Å². The minimum atomic E-state index is -0.299. The zero-order valence-corrected chi connectivity index (χ0v) is 18.5. The summed E-state index contributed by atoms with van der Waals surface area (Å²) < 4.78 is 5.39. The second kappa shape index (κ2) is 9.44. The van der Waals surface area contributed by atoms with Crippen LogP contribution in [-0.4, -0.2) is 52.1 Å². The molecule has 7 nitrogen and oxygen atoms in total. The van der Waals surface area contributed by atoms with Crippen LogP contribution in [0.1, 0.15) is 21.9 Å². The van der Waals surface area contributed by atoms with Crippen LogP contribution in [0.25, 0.3) is 22.0 Å². The molecule has 7 heteroatoms. The lowest BCUT2D eigenvalue weighted by Crippen LogP contribution is -2.36. The van der Waals surface area contributed by atoms with Crippen molar-refractivity contribution < 1.29 is 9.53 Å². The smallest absolute Gasteiger partial charge is 0.275 e. The highest BCUT2D eigenvalue weighted by Gasteiger charge is 2.15.